The number of benzene rings is 1. The molecule has 1 atom stereocenters. The minimum absolute atomic E-state index is 0. The average molecular weight is 301 g/mol. The van der Waals surface area contributed by atoms with Crippen molar-refractivity contribution in [2.75, 3.05) is 13.6 Å². The van der Waals surface area contributed by atoms with E-state index in [4.69, 9.17) is 5.11 Å². The standard InChI is InChI=1S/C14H20N2O3.ClH/c1-10-6-4-5-7-12(10)8-15-13(17)9-16(3)11(2)14(18)19;/h4-7,11H,8-9H2,1-3H3,(H,15,17)(H,18,19);1H. The van der Waals surface area contributed by atoms with E-state index in [1.54, 1.807) is 14.0 Å². The summed E-state index contributed by atoms with van der Waals surface area (Å²) in [7, 11) is 1.62. The monoisotopic (exact) mass is 300 g/mol. The van der Waals surface area contributed by atoms with E-state index in [1.807, 2.05) is 31.2 Å². The number of hydrogen-bond donors (Lipinski definition) is 2. The molecule has 112 valence electrons. The van der Waals surface area contributed by atoms with E-state index in [0.29, 0.717) is 6.54 Å². The largest absolute Gasteiger partial charge is 0.480 e. The minimum Gasteiger partial charge on any atom is -0.480 e. The van der Waals surface area contributed by atoms with E-state index in [9.17, 15) is 9.59 Å². The zero-order valence-electron chi connectivity index (χ0n) is 11.9. The van der Waals surface area contributed by atoms with E-state index in [1.165, 1.54) is 4.90 Å². The van der Waals surface area contributed by atoms with Crippen LogP contribution in [0, 0.1) is 6.92 Å². The van der Waals surface area contributed by atoms with E-state index in [2.05, 4.69) is 5.32 Å². The van der Waals surface area contributed by atoms with Crippen molar-refractivity contribution in [1.29, 1.82) is 0 Å². The molecule has 1 amide bonds. The van der Waals surface area contributed by atoms with Crippen LogP contribution in [0.25, 0.3) is 0 Å². The lowest BCUT2D eigenvalue weighted by Crippen LogP contribution is -2.42. The van der Waals surface area contributed by atoms with Crippen LogP contribution < -0.4 is 5.32 Å². The Morgan fingerprint density at radius 3 is 2.50 bits per heavy atom. The summed E-state index contributed by atoms with van der Waals surface area (Å²) < 4.78 is 0. The van der Waals surface area contributed by atoms with Crippen molar-refractivity contribution in [2.24, 2.45) is 0 Å². The molecule has 1 rings (SSSR count). The van der Waals surface area contributed by atoms with Crippen molar-refractivity contribution >= 4 is 24.3 Å². The average Bonchev–Trinajstić information content (AvgIpc) is 2.36. The van der Waals surface area contributed by atoms with Crippen molar-refractivity contribution in [3.05, 3.63) is 35.4 Å². The maximum atomic E-state index is 11.7. The van der Waals surface area contributed by atoms with Gasteiger partial charge in [0.15, 0.2) is 0 Å². The summed E-state index contributed by atoms with van der Waals surface area (Å²) in [6.07, 6.45) is 0. The lowest BCUT2D eigenvalue weighted by molar-refractivity contribution is -0.142. The molecule has 1 aromatic rings. The summed E-state index contributed by atoms with van der Waals surface area (Å²) >= 11 is 0. The molecule has 5 nitrogen and oxygen atoms in total. The molecule has 0 aliphatic carbocycles. The number of nitrogens with one attached hydrogen (secondary N) is 1. The number of aliphatic carboxylic acids is 1. The fourth-order valence-corrected chi connectivity index (χ4v) is 1.61. The second-order valence-electron chi connectivity index (χ2n) is 4.63. The van der Waals surface area contributed by atoms with Crippen LogP contribution in [-0.2, 0) is 16.1 Å². The van der Waals surface area contributed by atoms with Gasteiger partial charge in [-0.25, -0.2) is 0 Å². The number of nitrogens with zero attached hydrogens (tertiary/aromatic N) is 1. The zero-order valence-corrected chi connectivity index (χ0v) is 12.7. The van der Waals surface area contributed by atoms with Gasteiger partial charge in [0.25, 0.3) is 0 Å². The van der Waals surface area contributed by atoms with Gasteiger partial charge < -0.3 is 10.4 Å². The maximum absolute atomic E-state index is 11.7. The molecule has 0 aliphatic rings. The van der Waals surface area contributed by atoms with E-state index in [-0.39, 0.29) is 24.9 Å². The molecular weight excluding hydrogens is 280 g/mol. The van der Waals surface area contributed by atoms with E-state index in [0.717, 1.165) is 11.1 Å². The molecule has 0 heterocycles. The molecule has 2 N–H and O–H groups in total. The number of likely N-dealkylation sites (N-methyl/N-ethyl adjacent to an activating group) is 1. The number of carboxylic acids is 1. The molecule has 0 spiro atoms. The number of carbonyl (C=O) groups is 2. The Kier molecular flexibility index (Phi) is 7.87. The van der Waals surface area contributed by atoms with Crippen molar-refractivity contribution in [2.45, 2.75) is 26.4 Å². The number of halogens is 1. The Hall–Kier alpha value is -1.59. The summed E-state index contributed by atoms with van der Waals surface area (Å²) in [6, 6.07) is 7.14. The Bertz CT molecular complexity index is 465. The summed E-state index contributed by atoms with van der Waals surface area (Å²) in [5.74, 6) is -1.12. The second kappa shape index (κ2) is 8.55. The number of carbonyl (C=O) groups excluding carboxylic acids is 1. The fourth-order valence-electron chi connectivity index (χ4n) is 1.61. The van der Waals surface area contributed by atoms with Crippen LogP contribution in [0.5, 0.6) is 0 Å². The Labute approximate surface area is 125 Å². The lowest BCUT2D eigenvalue weighted by atomic mass is 10.1. The molecule has 0 saturated carbocycles. The lowest BCUT2D eigenvalue weighted by Gasteiger charge is -2.20. The molecule has 0 saturated heterocycles. The van der Waals surface area contributed by atoms with Crippen LogP contribution in [0.4, 0.5) is 0 Å². The van der Waals surface area contributed by atoms with Crippen LogP contribution in [0.2, 0.25) is 0 Å². The molecule has 0 fully saturated rings. The Balaban J connectivity index is 0.00000361. The molecule has 20 heavy (non-hydrogen) atoms. The highest BCUT2D eigenvalue weighted by Gasteiger charge is 2.18. The number of aryl methyl sites for hydroxylation is 1. The first-order valence-electron chi connectivity index (χ1n) is 6.16. The van der Waals surface area contributed by atoms with Gasteiger partial charge in [0.1, 0.15) is 6.04 Å². The zero-order chi connectivity index (χ0) is 14.4. The summed E-state index contributed by atoms with van der Waals surface area (Å²) in [5.41, 5.74) is 2.18. The normalized spacial score (nSPS) is 11.6. The van der Waals surface area contributed by atoms with Crippen LogP contribution in [0.3, 0.4) is 0 Å². The molecule has 0 aromatic heterocycles. The third-order valence-corrected chi connectivity index (χ3v) is 3.15. The first kappa shape index (κ1) is 18.4. The molecule has 6 heteroatoms. The SMILES string of the molecule is Cc1ccccc1CNC(=O)CN(C)C(C)C(=O)O.Cl. The van der Waals surface area contributed by atoms with Gasteiger partial charge in [0.05, 0.1) is 6.54 Å². The van der Waals surface area contributed by atoms with Crippen LogP contribution in [-0.4, -0.2) is 41.5 Å². The first-order chi connectivity index (χ1) is 8.91. The van der Waals surface area contributed by atoms with Gasteiger partial charge in [-0.2, -0.15) is 0 Å². The van der Waals surface area contributed by atoms with Crippen LogP contribution in [0.15, 0.2) is 24.3 Å². The van der Waals surface area contributed by atoms with Gasteiger partial charge >= 0.3 is 5.97 Å². The maximum Gasteiger partial charge on any atom is 0.320 e. The fraction of sp³-hybridized carbons (Fsp3) is 0.429. The molecule has 0 aliphatic heterocycles. The predicted molar refractivity (Wildman–Crippen MR) is 80.0 cm³/mol. The number of hydrogen-bond acceptors (Lipinski definition) is 3. The van der Waals surface area contributed by atoms with Gasteiger partial charge in [-0.3, -0.25) is 14.5 Å². The summed E-state index contributed by atoms with van der Waals surface area (Å²) in [6.45, 7) is 4.07. The minimum atomic E-state index is -0.936. The Morgan fingerprint density at radius 1 is 1.35 bits per heavy atom. The highest BCUT2D eigenvalue weighted by Crippen LogP contribution is 2.06. The summed E-state index contributed by atoms with van der Waals surface area (Å²) in [4.78, 5) is 24.0. The third-order valence-electron chi connectivity index (χ3n) is 3.15. The molecule has 1 aromatic carbocycles. The van der Waals surface area contributed by atoms with E-state index >= 15 is 0 Å². The number of carboxylic acid groups (broad SMARTS) is 1. The second-order valence-corrected chi connectivity index (χ2v) is 4.63. The quantitative estimate of drug-likeness (QED) is 0.834. The van der Waals surface area contributed by atoms with Gasteiger partial charge in [-0.05, 0) is 32.0 Å². The molecule has 0 radical (unpaired) electrons. The molecular formula is C14H21ClN2O3. The topological polar surface area (TPSA) is 69.6 Å². The molecule has 0 bridgehead atoms. The highest BCUT2D eigenvalue weighted by atomic mass is 35.5. The van der Waals surface area contributed by atoms with Crippen molar-refractivity contribution in [3.63, 3.8) is 0 Å². The van der Waals surface area contributed by atoms with Gasteiger partial charge in [0.2, 0.25) is 5.91 Å². The number of rotatable bonds is 6. The van der Waals surface area contributed by atoms with Crippen LogP contribution in [0.1, 0.15) is 18.1 Å². The smallest absolute Gasteiger partial charge is 0.320 e. The Morgan fingerprint density at radius 2 is 1.95 bits per heavy atom. The van der Waals surface area contributed by atoms with Gasteiger partial charge in [-0.1, -0.05) is 24.3 Å². The van der Waals surface area contributed by atoms with Crippen molar-refractivity contribution < 1.29 is 14.7 Å². The first-order valence-corrected chi connectivity index (χ1v) is 6.16. The molecule has 1 unspecified atom stereocenters. The van der Waals surface area contributed by atoms with Crippen LogP contribution >= 0.6 is 12.4 Å². The highest BCUT2D eigenvalue weighted by molar-refractivity contribution is 5.85. The summed E-state index contributed by atoms with van der Waals surface area (Å²) in [5, 5.41) is 11.6. The number of amides is 1. The van der Waals surface area contributed by atoms with Crippen molar-refractivity contribution in [1.82, 2.24) is 10.2 Å². The predicted octanol–water partition coefficient (Wildman–Crippen LogP) is 1.44. The van der Waals surface area contributed by atoms with Crippen molar-refractivity contribution in [3.8, 4) is 0 Å². The third kappa shape index (κ3) is 5.59. The van der Waals surface area contributed by atoms with Gasteiger partial charge in [-0.15, -0.1) is 12.4 Å². The van der Waals surface area contributed by atoms with E-state index < -0.39 is 12.0 Å². The van der Waals surface area contributed by atoms with Gasteiger partial charge in [0, 0.05) is 6.54 Å².